The van der Waals surface area contributed by atoms with E-state index in [1.807, 2.05) is 25.1 Å². The van der Waals surface area contributed by atoms with Gasteiger partial charge in [-0.3, -0.25) is 0 Å². The van der Waals surface area contributed by atoms with Crippen molar-refractivity contribution in [1.29, 1.82) is 0 Å². The number of para-hydroxylation sites is 2. The minimum absolute atomic E-state index is 0.243. The summed E-state index contributed by atoms with van der Waals surface area (Å²) in [6.45, 7) is 4.84. The van der Waals surface area contributed by atoms with Crippen LogP contribution in [0.2, 0.25) is 0 Å². The maximum atomic E-state index is 5.64. The molecule has 0 heterocycles. The van der Waals surface area contributed by atoms with Gasteiger partial charge in [0.15, 0.2) is 0 Å². The molecule has 1 atom stereocenters. The zero-order valence-electron chi connectivity index (χ0n) is 12.2. The van der Waals surface area contributed by atoms with Crippen LogP contribution in [0.15, 0.2) is 53.4 Å². The van der Waals surface area contributed by atoms with Crippen LogP contribution >= 0.6 is 11.8 Å². The molecule has 0 saturated carbocycles. The molecular formula is C17H21NOS. The van der Waals surface area contributed by atoms with Gasteiger partial charge in [0.05, 0.1) is 12.3 Å². The van der Waals surface area contributed by atoms with Gasteiger partial charge in [0.2, 0.25) is 0 Å². The van der Waals surface area contributed by atoms with Gasteiger partial charge < -0.3 is 10.1 Å². The Morgan fingerprint density at radius 3 is 2.45 bits per heavy atom. The van der Waals surface area contributed by atoms with Gasteiger partial charge in [0, 0.05) is 10.9 Å². The molecule has 106 valence electrons. The Morgan fingerprint density at radius 2 is 1.80 bits per heavy atom. The molecule has 3 heteroatoms. The molecule has 1 unspecified atom stereocenters. The second kappa shape index (κ2) is 7.25. The van der Waals surface area contributed by atoms with Crippen molar-refractivity contribution in [2.45, 2.75) is 24.8 Å². The van der Waals surface area contributed by atoms with Crippen molar-refractivity contribution >= 4 is 17.4 Å². The summed E-state index contributed by atoms with van der Waals surface area (Å²) in [4.78, 5) is 1.29. The molecule has 0 radical (unpaired) electrons. The van der Waals surface area contributed by atoms with Crippen LogP contribution in [-0.4, -0.2) is 12.9 Å². The predicted molar refractivity (Wildman–Crippen MR) is 87.9 cm³/mol. The lowest BCUT2D eigenvalue weighted by atomic mass is 10.1. The first-order valence-corrected chi connectivity index (χ1v) is 8.09. The van der Waals surface area contributed by atoms with Gasteiger partial charge in [-0.15, -0.1) is 11.8 Å². The van der Waals surface area contributed by atoms with Crippen molar-refractivity contribution in [1.82, 2.24) is 0 Å². The van der Waals surface area contributed by atoms with Gasteiger partial charge in [-0.05, 0) is 49.9 Å². The number of hydrogen-bond donors (Lipinski definition) is 1. The van der Waals surface area contributed by atoms with E-state index >= 15 is 0 Å². The molecule has 20 heavy (non-hydrogen) atoms. The average Bonchev–Trinajstić information content (AvgIpc) is 2.49. The molecule has 0 spiro atoms. The lowest BCUT2D eigenvalue weighted by molar-refractivity contribution is 0.341. The minimum atomic E-state index is 0.243. The number of thioether (sulfide) groups is 1. The molecule has 0 bridgehead atoms. The highest BCUT2D eigenvalue weighted by atomic mass is 32.2. The SMILES string of the molecule is CCOc1ccccc1NC(C)c1ccc(SC)cc1. The van der Waals surface area contributed by atoms with Crippen LogP contribution in [0.5, 0.6) is 5.75 Å². The summed E-state index contributed by atoms with van der Waals surface area (Å²) in [7, 11) is 0. The lowest BCUT2D eigenvalue weighted by Crippen LogP contribution is -2.08. The van der Waals surface area contributed by atoms with Crippen LogP contribution in [0.1, 0.15) is 25.5 Å². The molecule has 2 rings (SSSR count). The van der Waals surface area contributed by atoms with E-state index in [2.05, 4.69) is 48.8 Å². The zero-order chi connectivity index (χ0) is 14.4. The Bertz CT molecular complexity index is 539. The third-order valence-corrected chi connectivity index (χ3v) is 3.92. The average molecular weight is 287 g/mol. The van der Waals surface area contributed by atoms with Crippen molar-refractivity contribution in [2.75, 3.05) is 18.2 Å². The summed E-state index contributed by atoms with van der Waals surface area (Å²) in [6.07, 6.45) is 2.09. The Kier molecular flexibility index (Phi) is 5.36. The molecule has 0 aliphatic rings. The number of ether oxygens (including phenoxy) is 1. The second-order valence-corrected chi connectivity index (χ2v) is 5.45. The molecule has 0 aromatic heterocycles. The molecular weight excluding hydrogens is 266 g/mol. The van der Waals surface area contributed by atoms with Crippen LogP contribution in [0.4, 0.5) is 5.69 Å². The van der Waals surface area contributed by atoms with Crippen molar-refractivity contribution in [3.05, 3.63) is 54.1 Å². The summed E-state index contributed by atoms with van der Waals surface area (Å²) in [5, 5.41) is 3.52. The number of hydrogen-bond acceptors (Lipinski definition) is 3. The predicted octanol–water partition coefficient (Wildman–Crippen LogP) is 4.98. The van der Waals surface area contributed by atoms with Crippen molar-refractivity contribution < 1.29 is 4.74 Å². The first-order chi connectivity index (χ1) is 9.74. The van der Waals surface area contributed by atoms with Crippen molar-refractivity contribution in [2.24, 2.45) is 0 Å². The zero-order valence-corrected chi connectivity index (χ0v) is 13.0. The quantitative estimate of drug-likeness (QED) is 0.757. The molecule has 2 aromatic rings. The molecule has 0 fully saturated rings. The summed E-state index contributed by atoms with van der Waals surface area (Å²) in [5.41, 5.74) is 2.31. The topological polar surface area (TPSA) is 21.3 Å². The van der Waals surface area contributed by atoms with Crippen LogP contribution in [0.3, 0.4) is 0 Å². The van der Waals surface area contributed by atoms with Crippen molar-refractivity contribution in [3.8, 4) is 5.75 Å². The van der Waals surface area contributed by atoms with Gasteiger partial charge in [0.25, 0.3) is 0 Å². The normalized spacial score (nSPS) is 11.9. The van der Waals surface area contributed by atoms with E-state index in [9.17, 15) is 0 Å². The third kappa shape index (κ3) is 3.70. The number of benzene rings is 2. The van der Waals surface area contributed by atoms with Gasteiger partial charge in [-0.2, -0.15) is 0 Å². The summed E-state index contributed by atoms with van der Waals surface area (Å²) >= 11 is 1.76. The molecule has 0 saturated heterocycles. The smallest absolute Gasteiger partial charge is 0.142 e. The highest BCUT2D eigenvalue weighted by Gasteiger charge is 2.08. The molecule has 1 N–H and O–H groups in total. The maximum absolute atomic E-state index is 5.64. The van der Waals surface area contributed by atoms with Gasteiger partial charge in [-0.25, -0.2) is 0 Å². The standard InChI is InChI=1S/C17H21NOS/c1-4-19-17-8-6-5-7-16(17)18-13(2)14-9-11-15(20-3)12-10-14/h5-13,18H,4H2,1-3H3. The summed E-state index contributed by atoms with van der Waals surface area (Å²) in [6, 6.07) is 17.0. The minimum Gasteiger partial charge on any atom is -0.492 e. The van der Waals surface area contributed by atoms with Crippen LogP contribution < -0.4 is 10.1 Å². The third-order valence-electron chi connectivity index (χ3n) is 3.17. The first-order valence-electron chi connectivity index (χ1n) is 6.87. The van der Waals surface area contributed by atoms with E-state index in [-0.39, 0.29) is 6.04 Å². The number of rotatable bonds is 6. The van der Waals surface area contributed by atoms with E-state index in [1.165, 1.54) is 10.5 Å². The number of anilines is 1. The monoisotopic (exact) mass is 287 g/mol. The highest BCUT2D eigenvalue weighted by molar-refractivity contribution is 7.98. The van der Waals surface area contributed by atoms with Crippen LogP contribution in [0, 0.1) is 0 Å². The highest BCUT2D eigenvalue weighted by Crippen LogP contribution is 2.28. The summed E-state index contributed by atoms with van der Waals surface area (Å²) < 4.78 is 5.64. The molecule has 2 aromatic carbocycles. The van der Waals surface area contributed by atoms with E-state index in [0.29, 0.717) is 6.61 Å². The Labute approximate surface area is 125 Å². The van der Waals surface area contributed by atoms with E-state index in [0.717, 1.165) is 11.4 Å². The molecule has 0 aliphatic carbocycles. The fraction of sp³-hybridized carbons (Fsp3) is 0.294. The Morgan fingerprint density at radius 1 is 1.10 bits per heavy atom. The molecule has 0 aliphatic heterocycles. The second-order valence-electron chi connectivity index (χ2n) is 4.57. The van der Waals surface area contributed by atoms with E-state index in [1.54, 1.807) is 11.8 Å². The van der Waals surface area contributed by atoms with Gasteiger partial charge in [0.1, 0.15) is 5.75 Å². The largest absolute Gasteiger partial charge is 0.492 e. The Hall–Kier alpha value is -1.61. The molecule has 0 amide bonds. The first kappa shape index (κ1) is 14.8. The summed E-state index contributed by atoms with van der Waals surface area (Å²) in [5.74, 6) is 0.905. The number of nitrogens with one attached hydrogen (secondary N) is 1. The van der Waals surface area contributed by atoms with Crippen molar-refractivity contribution in [3.63, 3.8) is 0 Å². The van der Waals surface area contributed by atoms with E-state index < -0.39 is 0 Å². The van der Waals surface area contributed by atoms with Gasteiger partial charge >= 0.3 is 0 Å². The Balaban J connectivity index is 2.12. The maximum Gasteiger partial charge on any atom is 0.142 e. The van der Waals surface area contributed by atoms with Crippen LogP contribution in [0.25, 0.3) is 0 Å². The fourth-order valence-corrected chi connectivity index (χ4v) is 2.48. The van der Waals surface area contributed by atoms with Gasteiger partial charge in [-0.1, -0.05) is 24.3 Å². The lowest BCUT2D eigenvalue weighted by Gasteiger charge is -2.18. The van der Waals surface area contributed by atoms with Crippen LogP contribution in [-0.2, 0) is 0 Å². The fourth-order valence-electron chi connectivity index (χ4n) is 2.08. The van der Waals surface area contributed by atoms with E-state index in [4.69, 9.17) is 4.74 Å². The molecule has 2 nitrogen and oxygen atoms in total.